The number of halogens is 1. The van der Waals surface area contributed by atoms with Crippen molar-refractivity contribution in [2.45, 2.75) is 59.5 Å². The summed E-state index contributed by atoms with van der Waals surface area (Å²) in [5, 5.41) is 15.1. The molecule has 0 aromatic carbocycles. The molecule has 0 unspecified atom stereocenters. The van der Waals surface area contributed by atoms with Crippen molar-refractivity contribution in [1.82, 2.24) is 25.4 Å². The maximum absolute atomic E-state index is 5.63. The molecule has 0 saturated heterocycles. The number of hydrogen-bond donors (Lipinski definition) is 2. The summed E-state index contributed by atoms with van der Waals surface area (Å²) in [6.07, 6.45) is 4.55. The highest BCUT2D eigenvalue weighted by Crippen LogP contribution is 2.14. The minimum absolute atomic E-state index is 0. The summed E-state index contributed by atoms with van der Waals surface area (Å²) in [7, 11) is 0. The van der Waals surface area contributed by atoms with E-state index in [0.717, 1.165) is 56.7 Å². The van der Waals surface area contributed by atoms with Crippen molar-refractivity contribution in [3.05, 3.63) is 11.6 Å². The van der Waals surface area contributed by atoms with E-state index in [9.17, 15) is 0 Å². The Kier molecular flexibility index (Phi) is 11.0. The van der Waals surface area contributed by atoms with E-state index in [1.165, 1.54) is 12.8 Å². The Balaban J connectivity index is 0.00000312. The van der Waals surface area contributed by atoms with Gasteiger partial charge in [0.2, 0.25) is 0 Å². The largest absolute Gasteiger partial charge is 0.380 e. The van der Waals surface area contributed by atoms with Crippen molar-refractivity contribution in [3.8, 4) is 0 Å². The van der Waals surface area contributed by atoms with Gasteiger partial charge in [-0.25, -0.2) is 4.99 Å². The number of aromatic nitrogens is 3. The zero-order chi connectivity index (χ0) is 17.2. The molecular formula is C17H33IN6O. The fourth-order valence-electron chi connectivity index (χ4n) is 2.64. The zero-order valence-electron chi connectivity index (χ0n) is 15.8. The van der Waals surface area contributed by atoms with Gasteiger partial charge in [0.15, 0.2) is 11.8 Å². The maximum Gasteiger partial charge on any atom is 0.191 e. The summed E-state index contributed by atoms with van der Waals surface area (Å²) in [6.45, 7) is 11.1. The number of ether oxygens (including phenoxy) is 1. The first kappa shape index (κ1) is 22.1. The molecule has 8 heteroatoms. The van der Waals surface area contributed by atoms with Crippen LogP contribution < -0.4 is 10.6 Å². The lowest BCUT2D eigenvalue weighted by molar-refractivity contribution is 0.128. The molecule has 0 spiro atoms. The van der Waals surface area contributed by atoms with Gasteiger partial charge in [0.05, 0.1) is 6.61 Å². The van der Waals surface area contributed by atoms with E-state index in [0.29, 0.717) is 19.1 Å². The molecule has 1 aliphatic rings. The summed E-state index contributed by atoms with van der Waals surface area (Å²) in [5.41, 5.74) is 0. The minimum Gasteiger partial charge on any atom is -0.380 e. The van der Waals surface area contributed by atoms with Crippen LogP contribution in [-0.4, -0.2) is 47.0 Å². The molecule has 0 amide bonds. The van der Waals surface area contributed by atoms with Gasteiger partial charge >= 0.3 is 0 Å². The number of guanidine groups is 1. The molecule has 25 heavy (non-hydrogen) atoms. The monoisotopic (exact) mass is 464 g/mol. The van der Waals surface area contributed by atoms with E-state index in [-0.39, 0.29) is 24.0 Å². The van der Waals surface area contributed by atoms with Gasteiger partial charge in [-0.15, -0.1) is 34.2 Å². The summed E-state index contributed by atoms with van der Waals surface area (Å²) in [6, 6.07) is 0. The summed E-state index contributed by atoms with van der Waals surface area (Å²) >= 11 is 0. The first-order valence-corrected chi connectivity index (χ1v) is 9.21. The number of aryl methyl sites for hydroxylation is 1. The minimum atomic E-state index is 0. The Hall–Kier alpha value is -0.900. The second kappa shape index (κ2) is 12.5. The lowest BCUT2D eigenvalue weighted by atomic mass is 10.1. The molecule has 0 bridgehead atoms. The highest BCUT2D eigenvalue weighted by atomic mass is 127. The molecule has 144 valence electrons. The quantitative estimate of drug-likeness (QED) is 0.254. The van der Waals surface area contributed by atoms with E-state index in [1.807, 2.05) is 0 Å². The predicted octanol–water partition coefficient (Wildman–Crippen LogP) is 2.35. The Morgan fingerprint density at radius 3 is 2.84 bits per heavy atom. The van der Waals surface area contributed by atoms with Crippen molar-refractivity contribution in [3.63, 3.8) is 0 Å². The SMILES string of the molecule is CCNC(=NCc1nnc2n1CCCC2)NCCOCCC(C)C.I. The van der Waals surface area contributed by atoms with Crippen molar-refractivity contribution in [2.24, 2.45) is 10.9 Å². The van der Waals surface area contributed by atoms with E-state index in [2.05, 4.69) is 51.2 Å². The summed E-state index contributed by atoms with van der Waals surface area (Å²) < 4.78 is 7.84. The summed E-state index contributed by atoms with van der Waals surface area (Å²) in [5.74, 6) is 3.54. The van der Waals surface area contributed by atoms with E-state index in [4.69, 9.17) is 4.74 Å². The van der Waals surface area contributed by atoms with Gasteiger partial charge in [-0.1, -0.05) is 13.8 Å². The number of aliphatic imine (C=N–C) groups is 1. The molecule has 1 aromatic heterocycles. The second-order valence-corrected chi connectivity index (χ2v) is 6.56. The normalized spacial score (nSPS) is 14.2. The molecule has 2 rings (SSSR count). The van der Waals surface area contributed by atoms with Gasteiger partial charge in [0, 0.05) is 32.7 Å². The molecule has 2 heterocycles. The maximum atomic E-state index is 5.63. The van der Waals surface area contributed by atoms with Crippen molar-refractivity contribution >= 4 is 29.9 Å². The molecule has 0 atom stereocenters. The lowest BCUT2D eigenvalue weighted by Gasteiger charge is -2.15. The average Bonchev–Trinajstić information content (AvgIpc) is 2.98. The highest BCUT2D eigenvalue weighted by Gasteiger charge is 2.15. The van der Waals surface area contributed by atoms with Gasteiger partial charge in [-0.3, -0.25) is 0 Å². The average molecular weight is 464 g/mol. The van der Waals surface area contributed by atoms with Crippen LogP contribution in [-0.2, 0) is 24.2 Å². The Morgan fingerprint density at radius 1 is 1.24 bits per heavy atom. The van der Waals surface area contributed by atoms with Crippen LogP contribution in [0.5, 0.6) is 0 Å². The van der Waals surface area contributed by atoms with E-state index in [1.54, 1.807) is 0 Å². The molecule has 2 N–H and O–H groups in total. The first-order valence-electron chi connectivity index (χ1n) is 9.21. The smallest absolute Gasteiger partial charge is 0.191 e. The number of nitrogens with one attached hydrogen (secondary N) is 2. The van der Waals surface area contributed by atoms with Gasteiger partial charge < -0.3 is 19.9 Å². The third-order valence-electron chi connectivity index (χ3n) is 4.04. The number of rotatable bonds is 9. The number of nitrogens with zero attached hydrogens (tertiary/aromatic N) is 4. The Bertz CT molecular complexity index is 517. The molecule has 0 aliphatic carbocycles. The van der Waals surface area contributed by atoms with Crippen LogP contribution in [0.3, 0.4) is 0 Å². The zero-order valence-corrected chi connectivity index (χ0v) is 18.1. The molecule has 7 nitrogen and oxygen atoms in total. The third-order valence-corrected chi connectivity index (χ3v) is 4.04. The van der Waals surface area contributed by atoms with Crippen molar-refractivity contribution in [2.75, 3.05) is 26.3 Å². The van der Waals surface area contributed by atoms with Gasteiger partial charge in [0.25, 0.3) is 0 Å². The molecule has 1 aromatic rings. The molecule has 0 saturated carbocycles. The van der Waals surface area contributed by atoms with Crippen molar-refractivity contribution < 1.29 is 4.74 Å². The van der Waals surface area contributed by atoms with Crippen LogP contribution in [0.4, 0.5) is 0 Å². The topological polar surface area (TPSA) is 76.4 Å². The van der Waals surface area contributed by atoms with Crippen LogP contribution in [0.15, 0.2) is 4.99 Å². The van der Waals surface area contributed by atoms with E-state index < -0.39 is 0 Å². The fourth-order valence-corrected chi connectivity index (χ4v) is 2.64. The van der Waals surface area contributed by atoms with Gasteiger partial charge in [-0.2, -0.15) is 0 Å². The van der Waals surface area contributed by atoms with Gasteiger partial charge in [-0.05, 0) is 32.1 Å². The first-order chi connectivity index (χ1) is 11.7. The number of fused-ring (bicyclic) bond motifs is 1. The Labute approximate surface area is 168 Å². The standard InChI is InChI=1S/C17H32N6O.HI/c1-4-18-17(19-9-12-24-11-8-14(2)3)20-13-16-22-21-15-7-5-6-10-23(15)16;/h14H,4-13H2,1-3H3,(H2,18,19,20);1H. The lowest BCUT2D eigenvalue weighted by Crippen LogP contribution is -2.39. The van der Waals surface area contributed by atoms with Crippen LogP contribution in [0.2, 0.25) is 0 Å². The van der Waals surface area contributed by atoms with Crippen molar-refractivity contribution in [1.29, 1.82) is 0 Å². The highest BCUT2D eigenvalue weighted by molar-refractivity contribution is 14.0. The predicted molar refractivity (Wildman–Crippen MR) is 111 cm³/mol. The Morgan fingerprint density at radius 2 is 2.08 bits per heavy atom. The van der Waals surface area contributed by atoms with Crippen LogP contribution in [0, 0.1) is 5.92 Å². The van der Waals surface area contributed by atoms with E-state index >= 15 is 0 Å². The fraction of sp³-hybridized carbons (Fsp3) is 0.824. The molecule has 0 radical (unpaired) electrons. The molecule has 0 fully saturated rings. The molecule has 1 aliphatic heterocycles. The van der Waals surface area contributed by atoms with Crippen LogP contribution in [0.1, 0.15) is 51.7 Å². The van der Waals surface area contributed by atoms with Crippen LogP contribution >= 0.6 is 24.0 Å². The van der Waals surface area contributed by atoms with Gasteiger partial charge in [0.1, 0.15) is 12.4 Å². The molecular weight excluding hydrogens is 431 g/mol. The third kappa shape index (κ3) is 7.89. The van der Waals surface area contributed by atoms with Crippen LogP contribution in [0.25, 0.3) is 0 Å². The summed E-state index contributed by atoms with van der Waals surface area (Å²) in [4.78, 5) is 4.63. The second-order valence-electron chi connectivity index (χ2n) is 6.56. The number of hydrogen-bond acceptors (Lipinski definition) is 4.